The van der Waals surface area contributed by atoms with Crippen LogP contribution in [0.5, 0.6) is 0 Å². The highest BCUT2D eigenvalue weighted by Crippen LogP contribution is 2.23. The number of hydrogen-bond donors (Lipinski definition) is 0. The van der Waals surface area contributed by atoms with Crippen LogP contribution in [0.4, 0.5) is 0 Å². The van der Waals surface area contributed by atoms with Gasteiger partial charge in [0.15, 0.2) is 0 Å². The molecule has 0 aromatic carbocycles. The molecule has 1 unspecified atom stereocenters. The summed E-state index contributed by atoms with van der Waals surface area (Å²) in [5.74, 6) is 1.34. The smallest absolute Gasteiger partial charge is 0.0526 e. The highest BCUT2D eigenvalue weighted by Gasteiger charge is 2.11. The molecule has 1 nitrogen and oxygen atoms in total. The van der Waals surface area contributed by atoms with Gasteiger partial charge in [-0.2, -0.15) is 0 Å². The Morgan fingerprint density at radius 3 is 1.48 bits per heavy atom. The minimum Gasteiger partial charge on any atom is -0.381 e. The summed E-state index contributed by atoms with van der Waals surface area (Å²) in [6, 6.07) is 0. The highest BCUT2D eigenvalue weighted by atomic mass is 16.5. The van der Waals surface area contributed by atoms with E-state index >= 15 is 0 Å². The summed E-state index contributed by atoms with van der Waals surface area (Å²) in [6.45, 7) is 33.0. The average molecular weight is 333 g/mol. The maximum Gasteiger partial charge on any atom is 0.0526 e. The summed E-state index contributed by atoms with van der Waals surface area (Å²) in [5.41, 5.74) is 0.522. The maximum absolute atomic E-state index is 5.26. The van der Waals surface area contributed by atoms with Crippen molar-refractivity contribution in [2.24, 2.45) is 17.3 Å². The van der Waals surface area contributed by atoms with E-state index in [-0.39, 0.29) is 0 Å². The van der Waals surface area contributed by atoms with Crippen LogP contribution in [-0.2, 0) is 4.74 Å². The molecule has 0 rings (SSSR count). The van der Waals surface area contributed by atoms with Crippen LogP contribution < -0.4 is 0 Å². The highest BCUT2D eigenvalue weighted by molar-refractivity contribution is 4.73. The fourth-order valence-electron chi connectivity index (χ4n) is 1.71. The van der Waals surface area contributed by atoms with E-state index in [4.69, 9.17) is 4.74 Å². The van der Waals surface area contributed by atoms with Gasteiger partial charge in [-0.15, -0.1) is 6.58 Å². The van der Waals surface area contributed by atoms with Gasteiger partial charge in [-0.1, -0.05) is 96.1 Å². The van der Waals surface area contributed by atoms with Crippen molar-refractivity contribution in [3.8, 4) is 0 Å². The fourth-order valence-corrected chi connectivity index (χ4v) is 1.71. The van der Waals surface area contributed by atoms with Crippen molar-refractivity contribution in [1.82, 2.24) is 0 Å². The van der Waals surface area contributed by atoms with E-state index in [1.807, 2.05) is 47.6 Å². The molecule has 0 spiro atoms. The summed E-state index contributed by atoms with van der Waals surface area (Å²) >= 11 is 0. The Balaban J connectivity index is -0.0000000709. The molecule has 23 heavy (non-hydrogen) atoms. The third-order valence-corrected chi connectivity index (χ3v) is 2.15. The third-order valence-electron chi connectivity index (χ3n) is 2.15. The van der Waals surface area contributed by atoms with Crippen LogP contribution >= 0.6 is 0 Å². The molecule has 0 radical (unpaired) electrons. The van der Waals surface area contributed by atoms with Crippen molar-refractivity contribution >= 4 is 0 Å². The van der Waals surface area contributed by atoms with E-state index < -0.39 is 0 Å². The lowest BCUT2D eigenvalue weighted by atomic mass is 9.86. The molecule has 0 heterocycles. The van der Waals surface area contributed by atoms with Crippen LogP contribution in [0, 0.1) is 17.3 Å². The minimum atomic E-state index is 0.497. The van der Waals surface area contributed by atoms with Gasteiger partial charge in [0.2, 0.25) is 0 Å². The van der Waals surface area contributed by atoms with Crippen molar-refractivity contribution in [2.75, 3.05) is 13.2 Å². The van der Waals surface area contributed by atoms with E-state index in [1.54, 1.807) is 0 Å². The van der Waals surface area contributed by atoms with Crippen molar-refractivity contribution in [3.63, 3.8) is 0 Å². The SMILES string of the molecule is C=CC(C)COCCC.CC.CC.CC.CC(C)CC(C)(C)C. The first kappa shape index (κ1) is 34.1. The van der Waals surface area contributed by atoms with Crippen molar-refractivity contribution < 1.29 is 4.74 Å². The Morgan fingerprint density at radius 2 is 1.30 bits per heavy atom. The molecule has 0 saturated heterocycles. The van der Waals surface area contributed by atoms with Gasteiger partial charge in [0, 0.05) is 6.61 Å². The molecule has 0 saturated carbocycles. The van der Waals surface area contributed by atoms with E-state index in [0.717, 1.165) is 25.6 Å². The summed E-state index contributed by atoms with van der Waals surface area (Å²) in [5, 5.41) is 0. The number of rotatable bonds is 6. The lowest BCUT2D eigenvalue weighted by molar-refractivity contribution is 0.117. The number of hydrogen-bond acceptors (Lipinski definition) is 1. The first-order valence-electron chi connectivity index (χ1n) is 9.93. The van der Waals surface area contributed by atoms with Gasteiger partial charge >= 0.3 is 0 Å². The minimum absolute atomic E-state index is 0.497. The van der Waals surface area contributed by atoms with E-state index in [0.29, 0.717) is 11.3 Å². The molecule has 0 aliphatic carbocycles. The Bertz CT molecular complexity index is 165. The molecule has 0 bridgehead atoms. The average Bonchev–Trinajstić information content (AvgIpc) is 2.51. The fraction of sp³-hybridized carbons (Fsp3) is 0.909. The maximum atomic E-state index is 5.26. The van der Waals surface area contributed by atoms with Gasteiger partial charge in [-0.3, -0.25) is 0 Å². The molecule has 0 aromatic rings. The zero-order chi connectivity index (χ0) is 19.9. The van der Waals surface area contributed by atoms with E-state index in [2.05, 4.69) is 55.0 Å². The van der Waals surface area contributed by atoms with Crippen LogP contribution in [-0.4, -0.2) is 13.2 Å². The normalized spacial score (nSPS) is 10.3. The van der Waals surface area contributed by atoms with Gasteiger partial charge in [-0.05, 0) is 30.1 Å². The first-order chi connectivity index (χ1) is 10.7. The molecule has 0 aliphatic rings. The van der Waals surface area contributed by atoms with E-state index in [1.165, 1.54) is 6.42 Å². The summed E-state index contributed by atoms with van der Waals surface area (Å²) in [7, 11) is 0. The molecule has 0 N–H and O–H groups in total. The summed E-state index contributed by atoms with van der Waals surface area (Å²) in [4.78, 5) is 0. The first-order valence-corrected chi connectivity index (χ1v) is 9.93. The van der Waals surface area contributed by atoms with Crippen molar-refractivity contribution in [2.45, 2.75) is 103 Å². The zero-order valence-corrected chi connectivity index (χ0v) is 19.2. The zero-order valence-electron chi connectivity index (χ0n) is 19.2. The summed E-state index contributed by atoms with van der Waals surface area (Å²) < 4.78 is 5.26. The van der Waals surface area contributed by atoms with Crippen LogP contribution in [0.1, 0.15) is 103 Å². The van der Waals surface area contributed by atoms with Crippen LogP contribution in [0.15, 0.2) is 12.7 Å². The standard InChI is InChI=1S/C8H16O.C8H18.3C2H6/c1-4-6-9-7-8(3)5-2;1-7(2)6-8(3,4)5;3*1-2/h5,8H,2,4,6-7H2,1,3H3;7H,6H2,1-5H3;3*1-2H3. The number of ether oxygens (including phenoxy) is 1. The van der Waals surface area contributed by atoms with Crippen LogP contribution in [0.3, 0.4) is 0 Å². The monoisotopic (exact) mass is 332 g/mol. The Hall–Kier alpha value is -0.300. The molecule has 0 aromatic heterocycles. The Kier molecular flexibility index (Phi) is 44.0. The molecule has 1 atom stereocenters. The molecule has 0 fully saturated rings. The molecule has 0 amide bonds. The molecule has 0 aliphatic heterocycles. The van der Waals surface area contributed by atoms with Crippen molar-refractivity contribution in [1.29, 1.82) is 0 Å². The second-order valence-corrected chi connectivity index (χ2v) is 6.45. The lowest BCUT2D eigenvalue weighted by Crippen LogP contribution is -2.08. The van der Waals surface area contributed by atoms with Crippen LogP contribution in [0.25, 0.3) is 0 Å². The molecular weight excluding hydrogens is 280 g/mol. The summed E-state index contributed by atoms with van der Waals surface area (Å²) in [6.07, 6.45) is 4.34. The largest absolute Gasteiger partial charge is 0.381 e. The predicted molar refractivity (Wildman–Crippen MR) is 113 cm³/mol. The Labute approximate surface area is 151 Å². The second kappa shape index (κ2) is 29.7. The van der Waals surface area contributed by atoms with Gasteiger partial charge in [0.25, 0.3) is 0 Å². The third kappa shape index (κ3) is 61.5. The predicted octanol–water partition coefficient (Wildman–Crippen LogP) is 8.39. The Morgan fingerprint density at radius 1 is 0.913 bits per heavy atom. The molecule has 146 valence electrons. The van der Waals surface area contributed by atoms with Gasteiger partial charge in [-0.25, -0.2) is 0 Å². The topological polar surface area (TPSA) is 9.23 Å². The molecule has 1 heteroatoms. The molecular formula is C22H52O. The van der Waals surface area contributed by atoms with Gasteiger partial charge in [0.05, 0.1) is 6.61 Å². The van der Waals surface area contributed by atoms with Gasteiger partial charge < -0.3 is 4.74 Å². The van der Waals surface area contributed by atoms with E-state index in [9.17, 15) is 0 Å². The lowest BCUT2D eigenvalue weighted by Gasteiger charge is -2.19. The van der Waals surface area contributed by atoms with Crippen LogP contribution in [0.2, 0.25) is 0 Å². The quantitative estimate of drug-likeness (QED) is 0.350. The second-order valence-electron chi connectivity index (χ2n) is 6.45. The van der Waals surface area contributed by atoms with Gasteiger partial charge in [0.1, 0.15) is 0 Å². The van der Waals surface area contributed by atoms with Crippen molar-refractivity contribution in [3.05, 3.63) is 12.7 Å².